The van der Waals surface area contributed by atoms with E-state index in [9.17, 15) is 14.4 Å². The fourth-order valence-corrected chi connectivity index (χ4v) is 5.03. The lowest BCUT2D eigenvalue weighted by Crippen LogP contribution is -2.74. The minimum Gasteiger partial charge on any atom is -0.382 e. The molecule has 302 valence electrons. The molecule has 1 saturated heterocycles. The smallest absolute Gasteiger partial charge is 0.254 e. The molecule has 0 spiro atoms. The van der Waals surface area contributed by atoms with E-state index >= 15 is 0 Å². The Morgan fingerprint density at radius 3 is 1.04 bits per heavy atom. The normalized spacial score (nSPS) is 15.6. The molecular formula is C35H62N2O15. The van der Waals surface area contributed by atoms with E-state index in [1.165, 1.54) is 19.1 Å². The Balaban J connectivity index is 1.18. The molecule has 0 saturated carbocycles. The Labute approximate surface area is 308 Å². The van der Waals surface area contributed by atoms with Crippen molar-refractivity contribution in [2.45, 2.75) is 18.9 Å². The molecule has 1 fully saturated rings. The topological polar surface area (TPSA) is 168 Å². The lowest BCUT2D eigenvalue weighted by Gasteiger charge is -2.52. The second-order valence-electron chi connectivity index (χ2n) is 11.7. The van der Waals surface area contributed by atoms with Crippen LogP contribution in [-0.2, 0) is 71.2 Å². The quantitative estimate of drug-likeness (QED) is 0.0597. The van der Waals surface area contributed by atoms with Crippen LogP contribution in [0.4, 0.5) is 0 Å². The van der Waals surface area contributed by atoms with Crippen molar-refractivity contribution in [3.63, 3.8) is 0 Å². The molecule has 0 aromatic carbocycles. The van der Waals surface area contributed by atoms with E-state index in [0.29, 0.717) is 172 Å². The summed E-state index contributed by atoms with van der Waals surface area (Å²) in [5, 5.41) is 0. The average molecular weight is 751 g/mol. The van der Waals surface area contributed by atoms with Gasteiger partial charge in [-0.15, -0.1) is 0 Å². The van der Waals surface area contributed by atoms with Crippen molar-refractivity contribution in [3.8, 4) is 0 Å². The number of carbonyl (C=O) groups excluding carboxylic acids is 3. The van der Waals surface area contributed by atoms with Crippen molar-refractivity contribution in [3.05, 3.63) is 12.2 Å². The van der Waals surface area contributed by atoms with Gasteiger partial charge in [0.15, 0.2) is 5.78 Å². The fourth-order valence-electron chi connectivity index (χ4n) is 5.03. The maximum atomic E-state index is 12.2. The highest BCUT2D eigenvalue weighted by Crippen LogP contribution is 2.31. The van der Waals surface area contributed by atoms with Gasteiger partial charge in [0.05, 0.1) is 145 Å². The summed E-state index contributed by atoms with van der Waals surface area (Å²) in [7, 11) is 1.64. The maximum Gasteiger partial charge on any atom is 0.254 e. The summed E-state index contributed by atoms with van der Waals surface area (Å²) in [4.78, 5) is 39.4. The number of nitrogens with zero attached hydrogens (tertiary/aromatic N) is 2. The third-order valence-corrected chi connectivity index (χ3v) is 7.78. The van der Waals surface area contributed by atoms with Gasteiger partial charge in [0.25, 0.3) is 11.8 Å². The van der Waals surface area contributed by atoms with Crippen molar-refractivity contribution < 1.29 is 71.2 Å². The SMILES string of the molecule is COCCOCCOCCOCCOCCOCCOCCOCCOCCOCCOCCOCCCN1CC(C(C)=O)(N2C(=O)C=CC2=O)C1. The van der Waals surface area contributed by atoms with Gasteiger partial charge in [-0.05, 0) is 13.3 Å². The number of rotatable bonds is 39. The summed E-state index contributed by atoms with van der Waals surface area (Å²) in [6.07, 6.45) is 3.20. The summed E-state index contributed by atoms with van der Waals surface area (Å²) in [6.45, 7) is 14.5. The number of carbonyl (C=O) groups is 3. The molecule has 0 bridgehead atoms. The maximum absolute atomic E-state index is 12.2. The number of ether oxygens (including phenoxy) is 12. The van der Waals surface area contributed by atoms with Crippen LogP contribution in [0.1, 0.15) is 13.3 Å². The molecule has 17 heteroatoms. The zero-order valence-corrected chi connectivity index (χ0v) is 31.3. The number of ketones is 1. The highest BCUT2D eigenvalue weighted by Gasteiger charge is 2.55. The molecule has 0 aliphatic carbocycles. The number of likely N-dealkylation sites (tertiary alicyclic amines) is 1. The van der Waals surface area contributed by atoms with Crippen LogP contribution in [0.3, 0.4) is 0 Å². The monoisotopic (exact) mass is 750 g/mol. The first kappa shape index (κ1) is 46.2. The molecular weight excluding hydrogens is 688 g/mol. The van der Waals surface area contributed by atoms with Gasteiger partial charge in [-0.2, -0.15) is 0 Å². The summed E-state index contributed by atoms with van der Waals surface area (Å²) >= 11 is 0. The van der Waals surface area contributed by atoms with Crippen LogP contribution in [0.25, 0.3) is 0 Å². The van der Waals surface area contributed by atoms with Crippen LogP contribution in [0.15, 0.2) is 12.2 Å². The van der Waals surface area contributed by atoms with Crippen molar-refractivity contribution in [1.82, 2.24) is 9.80 Å². The molecule has 2 rings (SSSR count). The minimum absolute atomic E-state index is 0.172. The molecule has 2 aliphatic rings. The molecule has 0 atom stereocenters. The third-order valence-electron chi connectivity index (χ3n) is 7.78. The van der Waals surface area contributed by atoms with E-state index in [2.05, 4.69) is 0 Å². The Hall–Kier alpha value is -1.97. The van der Waals surface area contributed by atoms with E-state index in [1.807, 2.05) is 4.90 Å². The van der Waals surface area contributed by atoms with Crippen LogP contribution < -0.4 is 0 Å². The lowest BCUT2D eigenvalue weighted by atomic mass is 9.83. The van der Waals surface area contributed by atoms with E-state index in [0.717, 1.165) is 11.3 Å². The summed E-state index contributed by atoms with van der Waals surface area (Å²) in [6, 6.07) is 0. The van der Waals surface area contributed by atoms with Crippen molar-refractivity contribution in [2.75, 3.05) is 179 Å². The second kappa shape index (κ2) is 31.4. The number of Topliss-reactive ketones (excluding diaryl/α,β-unsaturated/α-hetero) is 1. The Morgan fingerprint density at radius 1 is 0.500 bits per heavy atom. The first-order valence-corrected chi connectivity index (χ1v) is 18.1. The lowest BCUT2D eigenvalue weighted by molar-refractivity contribution is -0.161. The van der Waals surface area contributed by atoms with E-state index < -0.39 is 17.4 Å². The van der Waals surface area contributed by atoms with Crippen LogP contribution in [0.2, 0.25) is 0 Å². The number of hydrogen-bond donors (Lipinski definition) is 0. The Morgan fingerprint density at radius 2 is 0.769 bits per heavy atom. The molecule has 17 nitrogen and oxygen atoms in total. The van der Waals surface area contributed by atoms with Gasteiger partial charge in [0.2, 0.25) is 0 Å². The Kier molecular flexibility index (Phi) is 27.9. The van der Waals surface area contributed by atoms with Crippen LogP contribution in [0, 0.1) is 0 Å². The van der Waals surface area contributed by atoms with Crippen molar-refractivity contribution in [1.29, 1.82) is 0 Å². The highest BCUT2D eigenvalue weighted by atomic mass is 16.6. The minimum atomic E-state index is -1.04. The molecule has 0 N–H and O–H groups in total. The standard InChI is InChI=1S/C35H62N2O15/c1-32(38)35(37-33(39)4-5-34(37)40)30-36(31-35)6-3-7-42-10-11-44-14-15-46-18-19-48-22-23-50-26-27-52-29-28-51-25-24-49-21-20-47-17-16-45-13-12-43-9-8-41-2/h4-5H,3,6-31H2,1-2H3. The van der Waals surface area contributed by atoms with Gasteiger partial charge in [-0.1, -0.05) is 0 Å². The summed E-state index contributed by atoms with van der Waals surface area (Å²) < 4.78 is 65.0. The van der Waals surface area contributed by atoms with Gasteiger partial charge >= 0.3 is 0 Å². The van der Waals surface area contributed by atoms with Crippen LogP contribution in [-0.4, -0.2) is 212 Å². The number of hydrogen-bond acceptors (Lipinski definition) is 16. The molecule has 0 unspecified atom stereocenters. The van der Waals surface area contributed by atoms with E-state index in [1.54, 1.807) is 7.11 Å². The number of methoxy groups -OCH3 is 1. The van der Waals surface area contributed by atoms with Gasteiger partial charge < -0.3 is 56.8 Å². The highest BCUT2D eigenvalue weighted by molar-refractivity contribution is 6.16. The average Bonchev–Trinajstić information content (AvgIpc) is 3.45. The molecule has 0 radical (unpaired) electrons. The number of imide groups is 1. The van der Waals surface area contributed by atoms with Crippen LogP contribution >= 0.6 is 0 Å². The summed E-state index contributed by atoms with van der Waals surface area (Å²) in [5.41, 5.74) is -1.04. The summed E-state index contributed by atoms with van der Waals surface area (Å²) in [5.74, 6) is -1.02. The van der Waals surface area contributed by atoms with Gasteiger partial charge in [0.1, 0.15) is 5.54 Å². The number of amides is 2. The third kappa shape index (κ3) is 21.1. The van der Waals surface area contributed by atoms with Crippen molar-refractivity contribution in [2.24, 2.45) is 0 Å². The predicted molar refractivity (Wildman–Crippen MR) is 186 cm³/mol. The molecule has 0 aromatic rings. The molecule has 2 amide bonds. The zero-order valence-electron chi connectivity index (χ0n) is 31.3. The van der Waals surface area contributed by atoms with Gasteiger partial charge in [-0.25, -0.2) is 0 Å². The van der Waals surface area contributed by atoms with Gasteiger partial charge in [-0.3, -0.25) is 24.2 Å². The van der Waals surface area contributed by atoms with E-state index in [-0.39, 0.29) is 5.78 Å². The zero-order chi connectivity index (χ0) is 37.4. The van der Waals surface area contributed by atoms with Gasteiger partial charge in [0, 0.05) is 45.5 Å². The van der Waals surface area contributed by atoms with E-state index in [4.69, 9.17) is 56.8 Å². The van der Waals surface area contributed by atoms with Crippen molar-refractivity contribution >= 4 is 17.6 Å². The fraction of sp³-hybridized carbons (Fsp3) is 0.857. The molecule has 2 heterocycles. The first-order valence-electron chi connectivity index (χ1n) is 18.1. The largest absolute Gasteiger partial charge is 0.382 e. The predicted octanol–water partition coefficient (Wildman–Crippen LogP) is -0.226. The molecule has 2 aliphatic heterocycles. The molecule has 52 heavy (non-hydrogen) atoms. The van der Waals surface area contributed by atoms with Crippen LogP contribution in [0.5, 0.6) is 0 Å². The second-order valence-corrected chi connectivity index (χ2v) is 11.7. The Bertz CT molecular complexity index is 933. The molecule has 0 aromatic heterocycles. The first-order chi connectivity index (χ1) is 25.5.